The molecule has 0 spiro atoms. The number of hydrogen-bond donors (Lipinski definition) is 0. The first-order valence-electron chi connectivity index (χ1n) is 8.00. The van der Waals surface area contributed by atoms with Crippen molar-refractivity contribution in [3.8, 4) is 5.75 Å². The van der Waals surface area contributed by atoms with Gasteiger partial charge in [0.05, 0.1) is 14.2 Å². The highest BCUT2D eigenvalue weighted by molar-refractivity contribution is 6.16. The van der Waals surface area contributed by atoms with Gasteiger partial charge in [0.15, 0.2) is 0 Å². The lowest BCUT2D eigenvalue weighted by atomic mass is 9.77. The van der Waals surface area contributed by atoms with Gasteiger partial charge in [0, 0.05) is 11.5 Å². The summed E-state index contributed by atoms with van der Waals surface area (Å²) in [6, 6.07) is 14.7. The van der Waals surface area contributed by atoms with E-state index in [9.17, 15) is 9.59 Å². The lowest BCUT2D eigenvalue weighted by molar-refractivity contribution is -0.152. The number of esters is 1. The van der Waals surface area contributed by atoms with E-state index in [0.29, 0.717) is 11.3 Å². The third kappa shape index (κ3) is 3.55. The van der Waals surface area contributed by atoms with Gasteiger partial charge in [0.1, 0.15) is 5.75 Å². The predicted molar refractivity (Wildman–Crippen MR) is 92.7 cm³/mol. The van der Waals surface area contributed by atoms with E-state index in [4.69, 9.17) is 4.74 Å². The number of rotatable bonds is 7. The molecule has 0 fully saturated rings. The minimum absolute atomic E-state index is 0.0862. The molecule has 4 nitrogen and oxygen atoms in total. The SMILES string of the molecule is CC[C@@H](c1ccccc1)[C@](F)(C(=O)OC)C(=O)c1ccc(OC)cc1. The van der Waals surface area contributed by atoms with Crippen LogP contribution >= 0.6 is 0 Å². The average molecular weight is 344 g/mol. The summed E-state index contributed by atoms with van der Waals surface area (Å²) in [6.07, 6.45) is 0.261. The number of ether oxygens (including phenoxy) is 2. The quantitative estimate of drug-likeness (QED) is 0.433. The van der Waals surface area contributed by atoms with Gasteiger partial charge in [-0.1, -0.05) is 37.3 Å². The molecule has 0 aliphatic carbocycles. The van der Waals surface area contributed by atoms with Crippen molar-refractivity contribution in [3.63, 3.8) is 0 Å². The first kappa shape index (κ1) is 18.6. The molecule has 0 radical (unpaired) electrons. The maximum Gasteiger partial charge on any atom is 0.352 e. The second-order valence-electron chi connectivity index (χ2n) is 5.63. The molecule has 0 saturated heterocycles. The Balaban J connectivity index is 2.52. The van der Waals surface area contributed by atoms with E-state index in [2.05, 4.69) is 4.74 Å². The zero-order valence-electron chi connectivity index (χ0n) is 14.5. The summed E-state index contributed by atoms with van der Waals surface area (Å²) >= 11 is 0. The van der Waals surface area contributed by atoms with Gasteiger partial charge >= 0.3 is 5.97 Å². The highest BCUT2D eigenvalue weighted by atomic mass is 19.1. The van der Waals surface area contributed by atoms with E-state index in [-0.39, 0.29) is 12.0 Å². The largest absolute Gasteiger partial charge is 0.497 e. The molecular formula is C20H21FO4. The zero-order valence-corrected chi connectivity index (χ0v) is 14.5. The van der Waals surface area contributed by atoms with Crippen molar-refractivity contribution in [2.75, 3.05) is 14.2 Å². The molecule has 5 heteroatoms. The Morgan fingerprint density at radius 1 is 1.04 bits per heavy atom. The van der Waals surface area contributed by atoms with Crippen LogP contribution in [0, 0.1) is 0 Å². The summed E-state index contributed by atoms with van der Waals surface area (Å²) < 4.78 is 25.6. The first-order chi connectivity index (χ1) is 12.0. The fourth-order valence-corrected chi connectivity index (χ4v) is 2.93. The summed E-state index contributed by atoms with van der Waals surface area (Å²) in [5.41, 5.74) is -2.15. The van der Waals surface area contributed by atoms with Crippen LogP contribution < -0.4 is 4.74 Å². The standard InChI is InChI=1S/C20H21FO4/c1-4-17(14-8-6-5-7-9-14)20(21,19(23)25-3)18(22)15-10-12-16(24-2)13-11-15/h5-13,17H,4H2,1-3H3/t17-,20+/m0/s1. The molecule has 0 saturated carbocycles. The van der Waals surface area contributed by atoms with E-state index in [0.717, 1.165) is 7.11 Å². The van der Waals surface area contributed by atoms with E-state index in [1.807, 2.05) is 0 Å². The lowest BCUT2D eigenvalue weighted by Crippen LogP contribution is -2.48. The number of methoxy groups -OCH3 is 2. The second-order valence-corrected chi connectivity index (χ2v) is 5.63. The summed E-state index contributed by atoms with van der Waals surface area (Å²) in [5, 5.41) is 0. The molecule has 2 atom stereocenters. The highest BCUT2D eigenvalue weighted by Gasteiger charge is 2.54. The topological polar surface area (TPSA) is 52.6 Å². The molecule has 0 unspecified atom stereocenters. The Bertz CT molecular complexity index is 727. The van der Waals surface area contributed by atoms with E-state index >= 15 is 4.39 Å². The second kappa shape index (κ2) is 7.92. The number of benzene rings is 2. The number of alkyl halides is 1. The Kier molecular flexibility index (Phi) is 5.91. The first-order valence-corrected chi connectivity index (χ1v) is 8.00. The van der Waals surface area contributed by atoms with Crippen LogP contribution in [0.1, 0.15) is 35.2 Å². The van der Waals surface area contributed by atoms with Crippen LogP contribution in [0.2, 0.25) is 0 Å². The molecule has 2 rings (SSSR count). The van der Waals surface area contributed by atoms with E-state index < -0.39 is 23.3 Å². The molecule has 2 aromatic carbocycles. The van der Waals surface area contributed by atoms with Crippen molar-refractivity contribution in [2.24, 2.45) is 0 Å². The zero-order chi connectivity index (χ0) is 18.4. The van der Waals surface area contributed by atoms with Crippen molar-refractivity contribution in [1.29, 1.82) is 0 Å². The summed E-state index contributed by atoms with van der Waals surface area (Å²) in [4.78, 5) is 25.2. The van der Waals surface area contributed by atoms with Crippen LogP contribution in [0.3, 0.4) is 0 Å². The van der Waals surface area contributed by atoms with Crippen LogP contribution in [0.25, 0.3) is 0 Å². The number of hydrogen-bond acceptors (Lipinski definition) is 4. The number of carbonyl (C=O) groups is 2. The minimum atomic E-state index is -2.81. The van der Waals surface area contributed by atoms with Gasteiger partial charge in [0.25, 0.3) is 5.67 Å². The Labute approximate surface area is 146 Å². The third-order valence-corrected chi connectivity index (χ3v) is 4.26. The number of halogens is 1. The molecule has 0 N–H and O–H groups in total. The van der Waals surface area contributed by atoms with Crippen molar-refractivity contribution in [2.45, 2.75) is 24.9 Å². The molecule has 0 aromatic heterocycles. The van der Waals surface area contributed by atoms with Gasteiger partial charge in [-0.15, -0.1) is 0 Å². The van der Waals surface area contributed by atoms with Crippen molar-refractivity contribution in [1.82, 2.24) is 0 Å². The number of ketones is 1. The summed E-state index contributed by atoms with van der Waals surface area (Å²) in [6.45, 7) is 1.73. The van der Waals surface area contributed by atoms with Gasteiger partial charge in [0.2, 0.25) is 5.78 Å². The Morgan fingerprint density at radius 2 is 1.64 bits per heavy atom. The predicted octanol–water partition coefficient (Wildman–Crippen LogP) is 3.95. The maximum atomic E-state index is 15.9. The molecule has 132 valence electrons. The maximum absolute atomic E-state index is 15.9. The lowest BCUT2D eigenvalue weighted by Gasteiger charge is -2.30. The van der Waals surface area contributed by atoms with Gasteiger partial charge in [-0.25, -0.2) is 9.18 Å². The van der Waals surface area contributed by atoms with Crippen LogP contribution in [0.4, 0.5) is 4.39 Å². The smallest absolute Gasteiger partial charge is 0.352 e. The Hall–Kier alpha value is -2.69. The fraction of sp³-hybridized carbons (Fsp3) is 0.300. The van der Waals surface area contributed by atoms with Crippen LogP contribution in [-0.4, -0.2) is 31.6 Å². The monoisotopic (exact) mass is 344 g/mol. The van der Waals surface area contributed by atoms with Crippen molar-refractivity contribution in [3.05, 3.63) is 65.7 Å². The minimum Gasteiger partial charge on any atom is -0.497 e. The van der Waals surface area contributed by atoms with Crippen molar-refractivity contribution >= 4 is 11.8 Å². The third-order valence-electron chi connectivity index (χ3n) is 4.26. The van der Waals surface area contributed by atoms with Crippen LogP contribution in [0.5, 0.6) is 5.75 Å². The molecule has 0 aliphatic heterocycles. The average Bonchev–Trinajstić information content (AvgIpc) is 2.68. The van der Waals surface area contributed by atoms with E-state index in [1.54, 1.807) is 49.4 Å². The molecular weight excluding hydrogens is 323 g/mol. The van der Waals surface area contributed by atoms with E-state index in [1.165, 1.54) is 19.2 Å². The van der Waals surface area contributed by atoms with Gasteiger partial charge < -0.3 is 9.47 Å². The molecule has 0 heterocycles. The normalized spacial score (nSPS) is 14.2. The van der Waals surface area contributed by atoms with Gasteiger partial charge in [-0.05, 0) is 36.2 Å². The van der Waals surface area contributed by atoms with Gasteiger partial charge in [-0.3, -0.25) is 4.79 Å². The Morgan fingerprint density at radius 3 is 2.12 bits per heavy atom. The number of Topliss-reactive ketones (excluding diaryl/α,β-unsaturated/α-hetero) is 1. The molecule has 2 aromatic rings. The van der Waals surface area contributed by atoms with Crippen LogP contribution in [0.15, 0.2) is 54.6 Å². The molecule has 0 amide bonds. The molecule has 0 aliphatic rings. The molecule has 25 heavy (non-hydrogen) atoms. The molecule has 0 bridgehead atoms. The highest BCUT2D eigenvalue weighted by Crippen LogP contribution is 2.38. The fourth-order valence-electron chi connectivity index (χ4n) is 2.93. The van der Waals surface area contributed by atoms with Gasteiger partial charge in [-0.2, -0.15) is 0 Å². The van der Waals surface area contributed by atoms with Crippen molar-refractivity contribution < 1.29 is 23.5 Å². The van der Waals surface area contributed by atoms with Crippen LogP contribution in [-0.2, 0) is 9.53 Å². The number of carbonyl (C=O) groups excluding carboxylic acids is 2. The summed E-state index contributed by atoms with van der Waals surface area (Å²) in [5.74, 6) is -2.52. The summed E-state index contributed by atoms with van der Waals surface area (Å²) in [7, 11) is 2.57.